The first-order valence-electron chi connectivity index (χ1n) is 13.9. The maximum atomic E-state index is 13.0. The number of nitrogens with one attached hydrogen (secondary N) is 2. The first kappa shape index (κ1) is 33.0. The van der Waals surface area contributed by atoms with Crippen molar-refractivity contribution in [1.29, 1.82) is 0 Å². The average molecular weight is 657 g/mol. The van der Waals surface area contributed by atoms with E-state index in [9.17, 15) is 18.0 Å². The molecule has 44 heavy (non-hydrogen) atoms. The van der Waals surface area contributed by atoms with Crippen molar-refractivity contribution in [3.8, 4) is 11.4 Å². The van der Waals surface area contributed by atoms with E-state index in [1.54, 1.807) is 60.9 Å². The molecule has 0 aliphatic rings. The third-order valence-electron chi connectivity index (χ3n) is 6.41. The van der Waals surface area contributed by atoms with Gasteiger partial charge in [0.2, 0.25) is 15.9 Å². The van der Waals surface area contributed by atoms with E-state index < -0.39 is 15.9 Å². The highest BCUT2D eigenvalue weighted by Crippen LogP contribution is 2.25. The van der Waals surface area contributed by atoms with Crippen LogP contribution in [0.1, 0.15) is 37.0 Å². The van der Waals surface area contributed by atoms with Gasteiger partial charge in [-0.1, -0.05) is 43.3 Å². The Bertz CT molecular complexity index is 1690. The predicted octanol–water partition coefficient (Wildman–Crippen LogP) is 5.01. The summed E-state index contributed by atoms with van der Waals surface area (Å²) in [6, 6.07) is 19.9. The molecular weight excluding hydrogens is 624 g/mol. The lowest BCUT2D eigenvalue weighted by molar-refractivity contribution is -0.113. The van der Waals surface area contributed by atoms with Crippen molar-refractivity contribution in [2.75, 3.05) is 30.8 Å². The van der Waals surface area contributed by atoms with Crippen molar-refractivity contribution in [2.45, 2.75) is 37.4 Å². The van der Waals surface area contributed by atoms with Crippen molar-refractivity contribution in [2.24, 2.45) is 0 Å². The van der Waals surface area contributed by atoms with Gasteiger partial charge in [-0.05, 0) is 73.7 Å². The van der Waals surface area contributed by atoms with Crippen molar-refractivity contribution in [3.63, 3.8) is 0 Å². The lowest BCUT2D eigenvalue weighted by Gasteiger charge is -2.18. The number of nitrogens with zero attached hydrogens (tertiary/aromatic N) is 4. The highest BCUT2D eigenvalue weighted by atomic mass is 35.5. The zero-order valence-corrected chi connectivity index (χ0v) is 26.9. The number of amides is 2. The maximum Gasteiger partial charge on any atom is 0.251 e. The van der Waals surface area contributed by atoms with Crippen LogP contribution in [-0.4, -0.2) is 64.8 Å². The molecule has 4 aromatic rings. The largest absolute Gasteiger partial charge is 0.494 e. The van der Waals surface area contributed by atoms with Gasteiger partial charge in [0.25, 0.3) is 5.91 Å². The van der Waals surface area contributed by atoms with Crippen LogP contribution < -0.4 is 15.4 Å². The number of thioether (sulfide) groups is 1. The summed E-state index contributed by atoms with van der Waals surface area (Å²) in [4.78, 5) is 25.8. The molecule has 1 aromatic heterocycles. The summed E-state index contributed by atoms with van der Waals surface area (Å²) in [5.74, 6) is 0.536. The van der Waals surface area contributed by atoms with Gasteiger partial charge in [0.1, 0.15) is 5.75 Å². The van der Waals surface area contributed by atoms with Gasteiger partial charge in [-0.3, -0.25) is 14.2 Å². The van der Waals surface area contributed by atoms with E-state index in [-0.39, 0.29) is 28.7 Å². The van der Waals surface area contributed by atoms with Crippen LogP contribution in [0.15, 0.2) is 82.8 Å². The number of halogens is 1. The van der Waals surface area contributed by atoms with Crippen LogP contribution >= 0.6 is 23.4 Å². The molecule has 232 valence electrons. The van der Waals surface area contributed by atoms with Gasteiger partial charge in [-0.25, -0.2) is 8.42 Å². The molecule has 2 amide bonds. The second-order valence-corrected chi connectivity index (χ2v) is 12.6. The molecule has 0 bridgehead atoms. The van der Waals surface area contributed by atoms with Crippen LogP contribution in [0.3, 0.4) is 0 Å². The quantitative estimate of drug-likeness (QED) is 0.181. The lowest BCUT2D eigenvalue weighted by atomic mass is 10.2. The fourth-order valence-corrected chi connectivity index (χ4v) is 6.68. The van der Waals surface area contributed by atoms with E-state index in [1.807, 2.05) is 13.0 Å². The van der Waals surface area contributed by atoms with E-state index in [1.165, 1.54) is 40.3 Å². The third kappa shape index (κ3) is 8.17. The maximum absolute atomic E-state index is 13.0. The number of hydrogen-bond acceptors (Lipinski definition) is 8. The molecule has 0 fully saturated rings. The van der Waals surface area contributed by atoms with Gasteiger partial charge >= 0.3 is 0 Å². The molecule has 4 rings (SSSR count). The van der Waals surface area contributed by atoms with Gasteiger partial charge in [-0.2, -0.15) is 4.31 Å². The number of anilines is 1. The third-order valence-corrected chi connectivity index (χ3v) is 9.64. The highest BCUT2D eigenvalue weighted by Gasteiger charge is 2.22. The topological polar surface area (TPSA) is 136 Å². The number of hydrogen-bond donors (Lipinski definition) is 2. The Morgan fingerprint density at radius 1 is 0.977 bits per heavy atom. The number of rotatable bonds is 14. The summed E-state index contributed by atoms with van der Waals surface area (Å²) in [5.41, 5.74) is 1.59. The summed E-state index contributed by atoms with van der Waals surface area (Å²) < 4.78 is 34.1. The Labute approximate surface area is 266 Å². The minimum atomic E-state index is -3.64. The monoisotopic (exact) mass is 656 g/mol. The van der Waals surface area contributed by atoms with Crippen LogP contribution in [0.25, 0.3) is 5.69 Å². The molecule has 0 spiro atoms. The number of carbonyl (C=O) groups is 2. The van der Waals surface area contributed by atoms with Gasteiger partial charge in [0, 0.05) is 29.4 Å². The number of ether oxygens (including phenoxy) is 1. The van der Waals surface area contributed by atoms with E-state index in [0.717, 1.165) is 5.75 Å². The summed E-state index contributed by atoms with van der Waals surface area (Å²) in [6.07, 6.45) is 0. The van der Waals surface area contributed by atoms with Gasteiger partial charge in [0.15, 0.2) is 11.0 Å². The Morgan fingerprint density at radius 2 is 1.68 bits per heavy atom. The van der Waals surface area contributed by atoms with Crippen molar-refractivity contribution in [1.82, 2.24) is 24.4 Å². The summed E-state index contributed by atoms with van der Waals surface area (Å²) >= 11 is 7.44. The van der Waals surface area contributed by atoms with Gasteiger partial charge < -0.3 is 15.4 Å². The molecule has 0 unspecified atom stereocenters. The van der Waals surface area contributed by atoms with E-state index >= 15 is 0 Å². The lowest BCUT2D eigenvalue weighted by Crippen LogP contribution is -2.30. The standard InChI is InChI=1S/C30H33ClN6O5S2/c1-4-36(5-2)44(40,41)26-16-10-21(11-17-26)29(39)32-19-27-34-35-30(37(27)24-9-7-8-22(31)18-24)43-20-28(38)33-23-12-14-25(15-13-23)42-6-3/h7-18H,4-6,19-20H2,1-3H3,(H,32,39)(H,33,38). The minimum absolute atomic E-state index is 0.0107. The second kappa shape index (κ2) is 15.2. The second-order valence-electron chi connectivity index (χ2n) is 9.30. The molecule has 0 saturated carbocycles. The molecule has 11 nitrogen and oxygen atoms in total. The number of aromatic nitrogens is 3. The molecule has 0 saturated heterocycles. The SMILES string of the molecule is CCOc1ccc(NC(=O)CSc2nnc(CNC(=O)c3ccc(S(=O)(=O)N(CC)CC)cc3)n2-c2cccc(Cl)c2)cc1. The van der Waals surface area contributed by atoms with Gasteiger partial charge in [-0.15, -0.1) is 10.2 Å². The van der Waals surface area contributed by atoms with Gasteiger partial charge in [0.05, 0.1) is 29.5 Å². The van der Waals surface area contributed by atoms with Crippen molar-refractivity contribution < 1.29 is 22.7 Å². The molecule has 0 radical (unpaired) electrons. The van der Waals surface area contributed by atoms with E-state index in [4.69, 9.17) is 16.3 Å². The Balaban J connectivity index is 1.46. The van der Waals surface area contributed by atoms with Crippen molar-refractivity contribution in [3.05, 3.63) is 89.2 Å². The highest BCUT2D eigenvalue weighted by molar-refractivity contribution is 7.99. The normalized spacial score (nSPS) is 11.4. The molecule has 0 atom stereocenters. The zero-order chi connectivity index (χ0) is 31.7. The first-order valence-corrected chi connectivity index (χ1v) is 16.7. The minimum Gasteiger partial charge on any atom is -0.494 e. The predicted molar refractivity (Wildman–Crippen MR) is 171 cm³/mol. The number of carbonyl (C=O) groups excluding carboxylic acids is 2. The summed E-state index contributed by atoms with van der Waals surface area (Å²) in [5, 5.41) is 15.1. The Morgan fingerprint density at radius 3 is 2.32 bits per heavy atom. The molecule has 14 heteroatoms. The smallest absolute Gasteiger partial charge is 0.251 e. The van der Waals surface area contributed by atoms with E-state index in [0.29, 0.717) is 47.1 Å². The molecule has 3 aromatic carbocycles. The summed E-state index contributed by atoms with van der Waals surface area (Å²) in [7, 11) is -3.64. The van der Waals surface area contributed by atoms with Crippen LogP contribution in [0.2, 0.25) is 5.02 Å². The van der Waals surface area contributed by atoms with Crippen LogP contribution in [0, 0.1) is 0 Å². The average Bonchev–Trinajstić information content (AvgIpc) is 3.43. The molecule has 0 aliphatic carbocycles. The number of sulfonamides is 1. The fourth-order valence-electron chi connectivity index (χ4n) is 4.26. The Kier molecular flexibility index (Phi) is 11.4. The molecule has 1 heterocycles. The molecule has 2 N–H and O–H groups in total. The summed E-state index contributed by atoms with van der Waals surface area (Å²) in [6.45, 7) is 6.70. The fraction of sp³-hybridized carbons (Fsp3) is 0.267. The van der Waals surface area contributed by atoms with Crippen LogP contribution in [0.4, 0.5) is 5.69 Å². The number of benzene rings is 3. The molecule has 0 aliphatic heterocycles. The van der Waals surface area contributed by atoms with Crippen LogP contribution in [-0.2, 0) is 21.4 Å². The van der Waals surface area contributed by atoms with Crippen molar-refractivity contribution >= 4 is 50.9 Å². The van der Waals surface area contributed by atoms with E-state index in [2.05, 4.69) is 20.8 Å². The Hall–Kier alpha value is -3.91. The zero-order valence-electron chi connectivity index (χ0n) is 24.5. The van der Waals surface area contributed by atoms with Crippen LogP contribution in [0.5, 0.6) is 5.75 Å². The molecular formula is C30H33ClN6O5S2. The first-order chi connectivity index (χ1) is 21.2.